The lowest BCUT2D eigenvalue weighted by atomic mass is 9.68. The number of halogens is 3. The Morgan fingerprint density at radius 3 is 2.30 bits per heavy atom. The lowest BCUT2D eigenvalue weighted by Crippen LogP contribution is -2.37. The molecule has 2 aliphatic carbocycles. The zero-order chi connectivity index (χ0) is 26.9. The SMILES string of the molecule is CC(=O)O[C@@H]1c2nc(C(C)C)c3c(c2[C@@H](O)CC1(C)C)C1(CCCC1)O[C@@H]3c1ccc(C(F)(F)F)cc1. The Bertz CT molecular complexity index is 1210. The van der Waals surface area contributed by atoms with E-state index in [0.717, 1.165) is 54.6 Å². The van der Waals surface area contributed by atoms with Crippen molar-refractivity contribution in [2.45, 2.75) is 103 Å². The van der Waals surface area contributed by atoms with Gasteiger partial charge in [-0.3, -0.25) is 9.78 Å². The van der Waals surface area contributed by atoms with E-state index >= 15 is 0 Å². The first-order valence-corrected chi connectivity index (χ1v) is 13.0. The summed E-state index contributed by atoms with van der Waals surface area (Å²) in [6, 6.07) is 5.14. The third kappa shape index (κ3) is 4.26. The van der Waals surface area contributed by atoms with Gasteiger partial charge in [0, 0.05) is 29.2 Å². The average molecular weight is 518 g/mol. The van der Waals surface area contributed by atoms with Crippen molar-refractivity contribution in [3.8, 4) is 0 Å². The number of hydrogen-bond acceptors (Lipinski definition) is 5. The number of hydrogen-bond donors (Lipinski definition) is 1. The van der Waals surface area contributed by atoms with Crippen molar-refractivity contribution in [1.29, 1.82) is 0 Å². The van der Waals surface area contributed by atoms with Gasteiger partial charge in [0.25, 0.3) is 0 Å². The summed E-state index contributed by atoms with van der Waals surface area (Å²) in [7, 11) is 0. The standard InChI is InChI=1S/C29H34F3NO4/c1-15(2)23-21-22(20-19(35)14-27(4,5)26(24(20)33-23)36-16(3)34)28(12-6-7-13-28)37-25(21)17-8-10-18(11-9-17)29(30,31)32/h8-11,15,19,25-26,35H,6-7,12-14H2,1-5H3/t19-,25+,26+/m0/s1. The molecule has 2 aromatic rings. The van der Waals surface area contributed by atoms with Crippen molar-refractivity contribution in [3.63, 3.8) is 0 Å². The molecule has 1 aliphatic heterocycles. The van der Waals surface area contributed by atoms with E-state index in [1.807, 2.05) is 27.7 Å². The number of aliphatic hydroxyl groups excluding tert-OH is 1. The van der Waals surface area contributed by atoms with Gasteiger partial charge in [-0.15, -0.1) is 0 Å². The maximum Gasteiger partial charge on any atom is 0.416 e. The number of benzene rings is 1. The van der Waals surface area contributed by atoms with E-state index in [4.69, 9.17) is 14.5 Å². The van der Waals surface area contributed by atoms with Crippen LogP contribution in [-0.2, 0) is 26.0 Å². The molecule has 2 heterocycles. The molecule has 0 unspecified atom stereocenters. The third-order valence-corrected chi connectivity index (χ3v) is 8.19. The maximum atomic E-state index is 13.3. The van der Waals surface area contributed by atoms with Gasteiger partial charge in [0.1, 0.15) is 12.2 Å². The number of alkyl halides is 3. The Hall–Kier alpha value is -2.45. The normalized spacial score (nSPS) is 25.8. The number of fused-ring (bicyclic) bond motifs is 4. The average Bonchev–Trinajstić information content (AvgIpc) is 3.40. The number of nitrogens with zero attached hydrogens (tertiary/aromatic N) is 1. The van der Waals surface area contributed by atoms with E-state index in [-0.39, 0.29) is 5.92 Å². The minimum atomic E-state index is -4.42. The molecule has 1 aromatic heterocycles. The fourth-order valence-corrected chi connectivity index (χ4v) is 6.58. The molecule has 0 saturated heterocycles. The minimum Gasteiger partial charge on any atom is -0.455 e. The number of carbonyl (C=O) groups excluding carboxylic acids is 1. The summed E-state index contributed by atoms with van der Waals surface area (Å²) in [6.07, 6.45) is -2.70. The van der Waals surface area contributed by atoms with Crippen LogP contribution in [0.4, 0.5) is 13.2 Å². The molecule has 37 heavy (non-hydrogen) atoms. The van der Waals surface area contributed by atoms with Crippen molar-refractivity contribution < 1.29 is 32.5 Å². The van der Waals surface area contributed by atoms with Crippen molar-refractivity contribution in [3.05, 3.63) is 63.5 Å². The molecule has 5 nitrogen and oxygen atoms in total. The van der Waals surface area contributed by atoms with Gasteiger partial charge in [0.05, 0.1) is 23.0 Å². The van der Waals surface area contributed by atoms with E-state index in [9.17, 15) is 23.1 Å². The smallest absolute Gasteiger partial charge is 0.416 e. The van der Waals surface area contributed by atoms with Gasteiger partial charge in [0.2, 0.25) is 0 Å². The minimum absolute atomic E-state index is 0.0312. The number of esters is 1. The Kier molecular flexibility index (Phi) is 6.23. The van der Waals surface area contributed by atoms with Crippen molar-refractivity contribution in [2.24, 2.45) is 5.41 Å². The van der Waals surface area contributed by atoms with Crippen LogP contribution in [0.25, 0.3) is 0 Å². The molecule has 3 atom stereocenters. The number of pyridine rings is 1. The van der Waals surface area contributed by atoms with E-state index in [2.05, 4.69) is 0 Å². The first-order chi connectivity index (χ1) is 17.2. The van der Waals surface area contributed by atoms with Crippen molar-refractivity contribution in [2.75, 3.05) is 0 Å². The van der Waals surface area contributed by atoms with Crippen LogP contribution >= 0.6 is 0 Å². The van der Waals surface area contributed by atoms with Gasteiger partial charge < -0.3 is 14.6 Å². The molecule has 1 spiro atoms. The summed E-state index contributed by atoms with van der Waals surface area (Å²) < 4.78 is 52.4. The first-order valence-electron chi connectivity index (χ1n) is 13.0. The van der Waals surface area contributed by atoms with Gasteiger partial charge in [-0.05, 0) is 48.4 Å². The zero-order valence-corrected chi connectivity index (χ0v) is 21.9. The highest BCUT2D eigenvalue weighted by molar-refractivity contribution is 5.67. The van der Waals surface area contributed by atoms with Gasteiger partial charge in [-0.25, -0.2) is 0 Å². The largest absolute Gasteiger partial charge is 0.455 e. The van der Waals surface area contributed by atoms with Crippen molar-refractivity contribution >= 4 is 5.97 Å². The topological polar surface area (TPSA) is 68.7 Å². The Labute approximate surface area is 215 Å². The highest BCUT2D eigenvalue weighted by atomic mass is 19.4. The second-order valence-electron chi connectivity index (χ2n) is 11.8. The number of aromatic nitrogens is 1. The molecule has 200 valence electrons. The van der Waals surface area contributed by atoms with Gasteiger partial charge in [0.15, 0.2) is 0 Å². The summed E-state index contributed by atoms with van der Waals surface area (Å²) in [5.41, 5.74) is 2.48. The summed E-state index contributed by atoms with van der Waals surface area (Å²) in [4.78, 5) is 17.2. The predicted octanol–water partition coefficient (Wildman–Crippen LogP) is 7.18. The van der Waals surface area contributed by atoms with Crippen molar-refractivity contribution in [1.82, 2.24) is 4.98 Å². The van der Waals surface area contributed by atoms with E-state index in [0.29, 0.717) is 23.2 Å². The fourth-order valence-electron chi connectivity index (χ4n) is 6.58. The van der Waals surface area contributed by atoms with E-state index < -0.39 is 47.0 Å². The van der Waals surface area contributed by atoms with Crippen LogP contribution in [0, 0.1) is 5.41 Å². The Morgan fingerprint density at radius 1 is 1.14 bits per heavy atom. The Balaban J connectivity index is 1.77. The molecular weight excluding hydrogens is 483 g/mol. The summed E-state index contributed by atoms with van der Waals surface area (Å²) in [6.45, 7) is 9.33. The van der Waals surface area contributed by atoms with Gasteiger partial charge in [-0.1, -0.05) is 52.7 Å². The van der Waals surface area contributed by atoms with Crippen LogP contribution in [-0.4, -0.2) is 16.1 Å². The lowest BCUT2D eigenvalue weighted by molar-refractivity contribution is -0.156. The second kappa shape index (κ2) is 8.80. The van der Waals surface area contributed by atoms with Crippen LogP contribution in [0.3, 0.4) is 0 Å². The van der Waals surface area contributed by atoms with Gasteiger partial charge in [-0.2, -0.15) is 13.2 Å². The molecule has 0 radical (unpaired) electrons. The number of rotatable bonds is 3. The zero-order valence-electron chi connectivity index (χ0n) is 21.9. The molecule has 5 rings (SSSR count). The molecule has 1 saturated carbocycles. The van der Waals surface area contributed by atoms with Crippen LogP contribution in [0.2, 0.25) is 0 Å². The molecule has 1 N–H and O–H groups in total. The fraction of sp³-hybridized carbons (Fsp3) is 0.586. The number of ether oxygens (including phenoxy) is 2. The third-order valence-electron chi connectivity index (χ3n) is 8.19. The van der Waals surface area contributed by atoms with Crippen LogP contribution in [0.5, 0.6) is 0 Å². The van der Waals surface area contributed by atoms with Crippen LogP contribution in [0.1, 0.15) is 130 Å². The second-order valence-corrected chi connectivity index (χ2v) is 11.8. The monoisotopic (exact) mass is 517 g/mol. The van der Waals surface area contributed by atoms with E-state index in [1.165, 1.54) is 19.1 Å². The van der Waals surface area contributed by atoms with Gasteiger partial charge >= 0.3 is 12.1 Å². The van der Waals surface area contributed by atoms with Crippen LogP contribution < -0.4 is 0 Å². The van der Waals surface area contributed by atoms with Crippen LogP contribution in [0.15, 0.2) is 24.3 Å². The molecule has 1 fully saturated rings. The maximum absolute atomic E-state index is 13.3. The quantitative estimate of drug-likeness (QED) is 0.437. The molecular formula is C29H34F3NO4. The lowest BCUT2D eigenvalue weighted by Gasteiger charge is -2.42. The summed E-state index contributed by atoms with van der Waals surface area (Å²) >= 11 is 0. The molecule has 3 aliphatic rings. The number of aliphatic hydroxyl groups is 1. The summed E-state index contributed by atoms with van der Waals surface area (Å²) in [5, 5.41) is 11.5. The molecule has 1 aromatic carbocycles. The highest BCUT2D eigenvalue weighted by Crippen LogP contribution is 2.61. The highest BCUT2D eigenvalue weighted by Gasteiger charge is 2.55. The summed E-state index contributed by atoms with van der Waals surface area (Å²) in [5.74, 6) is -0.445. The molecule has 8 heteroatoms. The Morgan fingerprint density at radius 2 is 1.76 bits per heavy atom. The molecule has 0 bridgehead atoms. The van der Waals surface area contributed by atoms with E-state index in [1.54, 1.807) is 0 Å². The molecule has 0 amide bonds. The first kappa shape index (κ1) is 26.2. The number of carbonyl (C=O) groups is 1. The predicted molar refractivity (Wildman–Crippen MR) is 131 cm³/mol.